The van der Waals surface area contributed by atoms with Crippen LogP contribution in [0.5, 0.6) is 5.75 Å². The number of fused-ring (bicyclic) bond motifs is 1. The third kappa shape index (κ3) is 4.41. The summed E-state index contributed by atoms with van der Waals surface area (Å²) in [6.45, 7) is 2.15. The zero-order valence-corrected chi connectivity index (χ0v) is 19.4. The normalized spacial score (nSPS) is 16.2. The van der Waals surface area contributed by atoms with Crippen LogP contribution in [0.4, 0.5) is 5.82 Å². The molecule has 0 aliphatic carbocycles. The Morgan fingerprint density at radius 3 is 2.85 bits per heavy atom. The molecule has 1 aromatic carbocycles. The number of pyridine rings is 1. The van der Waals surface area contributed by atoms with Crippen LogP contribution in [0.25, 0.3) is 16.9 Å². The number of nitrogens with zero attached hydrogens (tertiary/aromatic N) is 5. The molecule has 9 heteroatoms. The molecule has 1 aliphatic heterocycles. The van der Waals surface area contributed by atoms with E-state index in [4.69, 9.17) is 0 Å². The Morgan fingerprint density at radius 1 is 1.21 bits per heavy atom. The molecule has 4 heterocycles. The fourth-order valence-corrected chi connectivity index (χ4v) is 4.58. The van der Waals surface area contributed by atoms with Gasteiger partial charge < -0.3 is 15.3 Å². The molecule has 2 N–H and O–H groups in total. The lowest BCUT2D eigenvalue weighted by molar-refractivity contribution is 0.0680. The van der Waals surface area contributed by atoms with E-state index in [-0.39, 0.29) is 11.7 Å². The molecule has 8 nitrogen and oxygen atoms in total. The van der Waals surface area contributed by atoms with Crippen molar-refractivity contribution < 1.29 is 9.90 Å². The third-order valence-corrected chi connectivity index (χ3v) is 6.47. The summed E-state index contributed by atoms with van der Waals surface area (Å²) in [6.07, 6.45) is 7.00. The van der Waals surface area contributed by atoms with Gasteiger partial charge >= 0.3 is 0 Å². The Balaban J connectivity index is 1.36. The monoisotopic (exact) mass is 506 g/mol. The highest BCUT2D eigenvalue weighted by Gasteiger charge is 2.25. The fraction of sp³-hybridized carbons (Fsp3) is 0.250. The van der Waals surface area contributed by atoms with Gasteiger partial charge in [0, 0.05) is 49.2 Å². The van der Waals surface area contributed by atoms with Crippen LogP contribution in [0.2, 0.25) is 0 Å². The van der Waals surface area contributed by atoms with Gasteiger partial charge in [-0.05, 0) is 59.0 Å². The SMILES string of the molecule is O=C(c1ccncc1)N1CCCC(CNc2cc(-c3ccccc3O)nc3c(Br)cnn23)C1. The quantitative estimate of drug-likeness (QED) is 0.420. The number of carbonyl (C=O) groups excluding carboxylic acids is 1. The first kappa shape index (κ1) is 21.4. The maximum absolute atomic E-state index is 12.9. The number of halogens is 1. The largest absolute Gasteiger partial charge is 0.507 e. The van der Waals surface area contributed by atoms with Gasteiger partial charge in [-0.1, -0.05) is 12.1 Å². The number of rotatable bonds is 5. The number of aromatic hydroxyl groups is 1. The molecule has 4 aromatic rings. The van der Waals surface area contributed by atoms with Gasteiger partial charge in [0.15, 0.2) is 5.65 Å². The summed E-state index contributed by atoms with van der Waals surface area (Å²) in [5.41, 5.74) is 2.64. The number of para-hydroxylation sites is 1. The number of benzene rings is 1. The fourth-order valence-electron chi connectivity index (χ4n) is 4.23. The molecule has 168 valence electrons. The lowest BCUT2D eigenvalue weighted by Crippen LogP contribution is -2.41. The molecule has 1 atom stereocenters. The predicted molar refractivity (Wildman–Crippen MR) is 129 cm³/mol. The first-order valence-electron chi connectivity index (χ1n) is 10.9. The highest BCUT2D eigenvalue weighted by atomic mass is 79.9. The molecule has 3 aromatic heterocycles. The first-order valence-corrected chi connectivity index (χ1v) is 11.7. The van der Waals surface area contributed by atoms with E-state index in [0.717, 1.165) is 29.7 Å². The first-order chi connectivity index (χ1) is 16.1. The molecule has 33 heavy (non-hydrogen) atoms. The number of piperidine rings is 1. The summed E-state index contributed by atoms with van der Waals surface area (Å²) in [5.74, 6) is 1.31. The molecule has 0 spiro atoms. The van der Waals surface area contributed by atoms with Crippen LogP contribution >= 0.6 is 15.9 Å². The highest BCUT2D eigenvalue weighted by molar-refractivity contribution is 9.10. The third-order valence-electron chi connectivity index (χ3n) is 5.91. The van der Waals surface area contributed by atoms with Crippen LogP contribution in [0.3, 0.4) is 0 Å². The standard InChI is InChI=1S/C24H23BrN6O2/c25-19-14-28-31-22(12-20(29-23(19)31)18-5-1-2-6-21(18)32)27-13-16-4-3-11-30(15-16)24(33)17-7-9-26-10-8-17/h1-2,5-10,12,14,16,27,32H,3-4,11,13,15H2. The Hall–Kier alpha value is -3.46. The van der Waals surface area contributed by atoms with Gasteiger partial charge in [-0.2, -0.15) is 9.61 Å². The molecule has 1 fully saturated rings. The second kappa shape index (κ2) is 9.19. The molecular weight excluding hydrogens is 484 g/mol. The molecular formula is C24H23BrN6O2. The van der Waals surface area contributed by atoms with Crippen molar-refractivity contribution in [2.24, 2.45) is 5.92 Å². The van der Waals surface area contributed by atoms with Crippen LogP contribution in [0.1, 0.15) is 23.2 Å². The van der Waals surface area contributed by atoms with Gasteiger partial charge in [-0.25, -0.2) is 4.98 Å². The highest BCUT2D eigenvalue weighted by Crippen LogP contribution is 2.31. The summed E-state index contributed by atoms with van der Waals surface area (Å²) < 4.78 is 2.52. The molecule has 5 rings (SSSR count). The van der Waals surface area contributed by atoms with Crippen LogP contribution in [-0.4, -0.2) is 55.1 Å². The number of likely N-dealkylation sites (tertiary alicyclic amines) is 1. The Morgan fingerprint density at radius 2 is 2.03 bits per heavy atom. The maximum Gasteiger partial charge on any atom is 0.253 e. The van der Waals surface area contributed by atoms with Gasteiger partial charge in [0.1, 0.15) is 11.6 Å². The van der Waals surface area contributed by atoms with Crippen molar-refractivity contribution in [1.29, 1.82) is 0 Å². The van der Waals surface area contributed by atoms with Crippen molar-refractivity contribution in [3.63, 3.8) is 0 Å². The van der Waals surface area contributed by atoms with E-state index in [0.29, 0.717) is 41.5 Å². The van der Waals surface area contributed by atoms with E-state index >= 15 is 0 Å². The van der Waals surface area contributed by atoms with Gasteiger partial charge in [-0.15, -0.1) is 0 Å². The van der Waals surface area contributed by atoms with Crippen LogP contribution in [-0.2, 0) is 0 Å². The minimum absolute atomic E-state index is 0.0475. The van der Waals surface area contributed by atoms with Gasteiger partial charge in [-0.3, -0.25) is 9.78 Å². The average molecular weight is 507 g/mol. The summed E-state index contributed by atoms with van der Waals surface area (Å²) in [4.78, 5) is 23.5. The summed E-state index contributed by atoms with van der Waals surface area (Å²) in [5, 5.41) is 18.3. The second-order valence-corrected chi connectivity index (χ2v) is 9.00. The van der Waals surface area contributed by atoms with Crippen molar-refractivity contribution >= 4 is 33.3 Å². The summed E-state index contributed by atoms with van der Waals surface area (Å²) >= 11 is 3.52. The Bertz CT molecular complexity index is 1290. The van der Waals surface area contributed by atoms with Crippen molar-refractivity contribution in [3.8, 4) is 17.0 Å². The van der Waals surface area contributed by atoms with Crippen LogP contribution < -0.4 is 5.32 Å². The van der Waals surface area contributed by atoms with Gasteiger partial charge in [0.05, 0.1) is 16.4 Å². The van der Waals surface area contributed by atoms with Crippen LogP contribution in [0.15, 0.2) is 65.5 Å². The lowest BCUT2D eigenvalue weighted by atomic mass is 9.97. The van der Waals surface area contributed by atoms with E-state index in [9.17, 15) is 9.90 Å². The minimum atomic E-state index is 0.0475. The number of nitrogens with one attached hydrogen (secondary N) is 1. The molecule has 0 radical (unpaired) electrons. The smallest absolute Gasteiger partial charge is 0.253 e. The topological polar surface area (TPSA) is 95.7 Å². The number of phenols is 1. The van der Waals surface area contributed by atoms with Crippen molar-refractivity contribution in [3.05, 3.63) is 71.1 Å². The van der Waals surface area contributed by atoms with E-state index in [2.05, 4.69) is 36.3 Å². The number of phenolic OH excluding ortho intramolecular Hbond substituents is 1. The van der Waals surface area contributed by atoms with E-state index < -0.39 is 0 Å². The maximum atomic E-state index is 12.9. The van der Waals surface area contributed by atoms with E-state index in [1.807, 2.05) is 23.1 Å². The molecule has 1 unspecified atom stereocenters. The molecule has 1 saturated heterocycles. The number of hydrogen-bond donors (Lipinski definition) is 2. The minimum Gasteiger partial charge on any atom is -0.507 e. The zero-order chi connectivity index (χ0) is 22.8. The number of hydrogen-bond acceptors (Lipinski definition) is 6. The van der Waals surface area contributed by atoms with Crippen LogP contribution in [0, 0.1) is 5.92 Å². The van der Waals surface area contributed by atoms with E-state index in [1.54, 1.807) is 47.4 Å². The van der Waals surface area contributed by atoms with Gasteiger partial charge in [0.2, 0.25) is 0 Å². The average Bonchev–Trinajstić information content (AvgIpc) is 3.24. The van der Waals surface area contributed by atoms with Crippen molar-refractivity contribution in [2.45, 2.75) is 12.8 Å². The zero-order valence-electron chi connectivity index (χ0n) is 17.9. The van der Waals surface area contributed by atoms with Crippen molar-refractivity contribution in [1.82, 2.24) is 24.5 Å². The summed E-state index contributed by atoms with van der Waals surface area (Å²) in [7, 11) is 0. The molecule has 0 bridgehead atoms. The molecule has 1 aliphatic rings. The van der Waals surface area contributed by atoms with E-state index in [1.165, 1.54) is 0 Å². The number of aromatic nitrogens is 4. The second-order valence-electron chi connectivity index (χ2n) is 8.15. The number of anilines is 1. The number of amides is 1. The summed E-state index contributed by atoms with van der Waals surface area (Å²) in [6, 6.07) is 12.6. The molecule has 0 saturated carbocycles. The Kier molecular flexibility index (Phi) is 5.95. The Labute approximate surface area is 199 Å². The number of carbonyl (C=O) groups is 1. The van der Waals surface area contributed by atoms with Crippen molar-refractivity contribution in [2.75, 3.05) is 25.0 Å². The molecule has 1 amide bonds. The predicted octanol–water partition coefficient (Wildman–Crippen LogP) is 4.22. The lowest BCUT2D eigenvalue weighted by Gasteiger charge is -2.33. The van der Waals surface area contributed by atoms with Gasteiger partial charge in [0.25, 0.3) is 5.91 Å².